The molecule has 3 nitrogen and oxygen atoms in total. The van der Waals surface area contributed by atoms with Crippen molar-refractivity contribution in [2.75, 3.05) is 4.90 Å². The normalized spacial score (nSPS) is 11.6. The fraction of sp³-hybridized carbons (Fsp3) is 0. The Kier molecular flexibility index (Phi) is 5.82. The van der Waals surface area contributed by atoms with E-state index in [2.05, 4.69) is 167 Å². The molecule has 45 heavy (non-hydrogen) atoms. The molecule has 0 bridgehead atoms. The van der Waals surface area contributed by atoms with E-state index in [1.165, 1.54) is 27.4 Å². The highest BCUT2D eigenvalue weighted by Gasteiger charge is 2.24. The zero-order chi connectivity index (χ0) is 29.7. The van der Waals surface area contributed by atoms with Gasteiger partial charge in [0.15, 0.2) is 0 Å². The lowest BCUT2D eigenvalue weighted by Gasteiger charge is -2.28. The van der Waals surface area contributed by atoms with Crippen LogP contribution in [-0.2, 0) is 0 Å². The SMILES string of the molecule is c1ccc(-c2c(N(c3ccccc3)c3ccc4c(c3)oc3ccccc34)ccc3c4ccccc4n(-c4ccccc4)c23)cc1. The maximum absolute atomic E-state index is 6.39. The van der Waals surface area contributed by atoms with Gasteiger partial charge in [-0.3, -0.25) is 0 Å². The Hall–Kier alpha value is -6.06. The molecule has 212 valence electrons. The number of anilines is 3. The molecule has 9 aromatic rings. The molecule has 2 aromatic heterocycles. The molecule has 0 amide bonds. The van der Waals surface area contributed by atoms with E-state index in [1.54, 1.807) is 0 Å². The third kappa shape index (κ3) is 4.05. The summed E-state index contributed by atoms with van der Waals surface area (Å²) >= 11 is 0. The van der Waals surface area contributed by atoms with Gasteiger partial charge in [-0.25, -0.2) is 0 Å². The number of benzene rings is 7. The summed E-state index contributed by atoms with van der Waals surface area (Å²) in [5.41, 5.74) is 10.8. The van der Waals surface area contributed by atoms with Gasteiger partial charge in [0, 0.05) is 50.2 Å². The Morgan fingerprint density at radius 2 is 1.07 bits per heavy atom. The summed E-state index contributed by atoms with van der Waals surface area (Å²) in [4.78, 5) is 2.36. The summed E-state index contributed by atoms with van der Waals surface area (Å²) in [6.07, 6.45) is 0. The molecule has 0 saturated carbocycles. The lowest BCUT2D eigenvalue weighted by atomic mass is 9.98. The number of nitrogens with zero attached hydrogens (tertiary/aromatic N) is 2. The van der Waals surface area contributed by atoms with Gasteiger partial charge in [0.2, 0.25) is 0 Å². The van der Waals surface area contributed by atoms with Crippen molar-refractivity contribution in [3.8, 4) is 16.8 Å². The molecule has 0 aliphatic rings. The molecule has 0 N–H and O–H groups in total. The van der Waals surface area contributed by atoms with Crippen molar-refractivity contribution in [1.29, 1.82) is 0 Å². The quantitative estimate of drug-likeness (QED) is 0.203. The predicted octanol–water partition coefficient (Wildman–Crippen LogP) is 11.8. The van der Waals surface area contributed by atoms with Crippen molar-refractivity contribution in [3.05, 3.63) is 170 Å². The summed E-state index contributed by atoms with van der Waals surface area (Å²) in [6, 6.07) is 60.2. The number of aromatic nitrogens is 1. The molecule has 7 aromatic carbocycles. The molecular formula is C42H28N2O. The fourth-order valence-corrected chi connectivity index (χ4v) is 6.83. The topological polar surface area (TPSA) is 21.3 Å². The third-order valence-corrected chi connectivity index (χ3v) is 8.77. The maximum atomic E-state index is 6.39. The minimum absolute atomic E-state index is 0.871. The summed E-state index contributed by atoms with van der Waals surface area (Å²) in [6.45, 7) is 0. The minimum Gasteiger partial charge on any atom is -0.456 e. The van der Waals surface area contributed by atoms with Crippen LogP contribution in [0.5, 0.6) is 0 Å². The van der Waals surface area contributed by atoms with Crippen LogP contribution in [0.15, 0.2) is 174 Å². The van der Waals surface area contributed by atoms with E-state index in [9.17, 15) is 0 Å². The number of furan rings is 1. The smallest absolute Gasteiger partial charge is 0.137 e. The molecular weight excluding hydrogens is 548 g/mol. The maximum Gasteiger partial charge on any atom is 0.137 e. The molecule has 9 rings (SSSR count). The van der Waals surface area contributed by atoms with Gasteiger partial charge in [-0.05, 0) is 60.2 Å². The van der Waals surface area contributed by atoms with Crippen molar-refractivity contribution >= 4 is 60.8 Å². The second-order valence-electron chi connectivity index (χ2n) is 11.4. The molecule has 0 aliphatic heterocycles. The van der Waals surface area contributed by atoms with Gasteiger partial charge in [0.25, 0.3) is 0 Å². The van der Waals surface area contributed by atoms with Crippen LogP contribution in [0.1, 0.15) is 0 Å². The molecule has 0 unspecified atom stereocenters. The molecule has 0 atom stereocenters. The Labute approximate surface area is 260 Å². The van der Waals surface area contributed by atoms with Crippen molar-refractivity contribution in [2.24, 2.45) is 0 Å². The van der Waals surface area contributed by atoms with E-state index in [1.807, 2.05) is 12.1 Å². The Bertz CT molecular complexity index is 2470. The van der Waals surface area contributed by atoms with Crippen LogP contribution in [0.3, 0.4) is 0 Å². The van der Waals surface area contributed by atoms with Crippen LogP contribution in [0, 0.1) is 0 Å². The zero-order valence-corrected chi connectivity index (χ0v) is 24.5. The van der Waals surface area contributed by atoms with Gasteiger partial charge < -0.3 is 13.9 Å². The van der Waals surface area contributed by atoms with E-state index >= 15 is 0 Å². The van der Waals surface area contributed by atoms with Gasteiger partial charge in [0.05, 0.1) is 16.7 Å². The second kappa shape index (κ2) is 10.3. The number of para-hydroxylation sites is 4. The molecule has 2 heterocycles. The summed E-state index contributed by atoms with van der Waals surface area (Å²) in [5, 5.41) is 4.70. The standard InChI is InChI=1S/C42H28N2O/c1-4-14-29(15-5-1)41-38(27-26-36-33-20-10-12-22-37(33)44(42(36)41)31-18-8-3-9-19-31)43(30-16-6-2-7-17-30)32-24-25-35-34-21-11-13-23-39(34)45-40(35)28-32/h1-28H. The largest absolute Gasteiger partial charge is 0.456 e. The molecule has 0 radical (unpaired) electrons. The summed E-state index contributed by atoms with van der Waals surface area (Å²) < 4.78 is 8.80. The number of hydrogen-bond acceptors (Lipinski definition) is 2. The lowest BCUT2D eigenvalue weighted by Crippen LogP contribution is -2.11. The average molecular weight is 577 g/mol. The van der Waals surface area contributed by atoms with E-state index in [0.717, 1.165) is 50.3 Å². The van der Waals surface area contributed by atoms with Crippen LogP contribution in [0.25, 0.3) is 60.6 Å². The van der Waals surface area contributed by atoms with E-state index in [-0.39, 0.29) is 0 Å². The third-order valence-electron chi connectivity index (χ3n) is 8.77. The highest BCUT2D eigenvalue weighted by Crippen LogP contribution is 2.47. The van der Waals surface area contributed by atoms with Crippen LogP contribution in [0.4, 0.5) is 17.1 Å². The van der Waals surface area contributed by atoms with E-state index in [0.29, 0.717) is 0 Å². The monoisotopic (exact) mass is 576 g/mol. The number of rotatable bonds is 5. The van der Waals surface area contributed by atoms with Gasteiger partial charge in [-0.2, -0.15) is 0 Å². The second-order valence-corrected chi connectivity index (χ2v) is 11.4. The molecule has 0 saturated heterocycles. The Morgan fingerprint density at radius 1 is 0.444 bits per heavy atom. The number of hydrogen-bond donors (Lipinski definition) is 0. The first kappa shape index (κ1) is 25.4. The van der Waals surface area contributed by atoms with Crippen molar-refractivity contribution < 1.29 is 4.42 Å². The van der Waals surface area contributed by atoms with Gasteiger partial charge in [0.1, 0.15) is 11.2 Å². The highest BCUT2D eigenvalue weighted by atomic mass is 16.3. The number of fused-ring (bicyclic) bond motifs is 6. The average Bonchev–Trinajstić information content (AvgIpc) is 3.65. The van der Waals surface area contributed by atoms with E-state index in [4.69, 9.17) is 4.42 Å². The Morgan fingerprint density at radius 3 is 1.87 bits per heavy atom. The molecule has 3 heteroatoms. The lowest BCUT2D eigenvalue weighted by molar-refractivity contribution is 0.669. The first-order valence-electron chi connectivity index (χ1n) is 15.3. The van der Waals surface area contributed by atoms with Gasteiger partial charge in [-0.15, -0.1) is 0 Å². The molecule has 0 spiro atoms. The zero-order valence-electron chi connectivity index (χ0n) is 24.5. The summed E-state index contributed by atoms with van der Waals surface area (Å²) in [5.74, 6) is 0. The van der Waals surface area contributed by atoms with Crippen LogP contribution >= 0.6 is 0 Å². The Balaban J connectivity index is 1.41. The van der Waals surface area contributed by atoms with Gasteiger partial charge >= 0.3 is 0 Å². The molecule has 0 aliphatic carbocycles. The summed E-state index contributed by atoms with van der Waals surface area (Å²) in [7, 11) is 0. The van der Waals surface area contributed by atoms with Crippen LogP contribution in [-0.4, -0.2) is 4.57 Å². The van der Waals surface area contributed by atoms with Crippen LogP contribution in [0.2, 0.25) is 0 Å². The fourth-order valence-electron chi connectivity index (χ4n) is 6.83. The first-order valence-corrected chi connectivity index (χ1v) is 15.3. The highest BCUT2D eigenvalue weighted by molar-refractivity contribution is 6.17. The van der Waals surface area contributed by atoms with Crippen molar-refractivity contribution in [3.63, 3.8) is 0 Å². The minimum atomic E-state index is 0.871. The predicted molar refractivity (Wildman–Crippen MR) is 188 cm³/mol. The van der Waals surface area contributed by atoms with E-state index < -0.39 is 0 Å². The van der Waals surface area contributed by atoms with Gasteiger partial charge in [-0.1, -0.05) is 109 Å². The molecule has 0 fully saturated rings. The first-order chi connectivity index (χ1) is 22.3. The van der Waals surface area contributed by atoms with Crippen molar-refractivity contribution in [2.45, 2.75) is 0 Å². The van der Waals surface area contributed by atoms with Crippen LogP contribution < -0.4 is 4.90 Å². The van der Waals surface area contributed by atoms with Crippen molar-refractivity contribution in [1.82, 2.24) is 4.57 Å².